The molecule has 0 rings (SSSR count). The lowest BCUT2D eigenvalue weighted by molar-refractivity contribution is 1.39. The molecular weight excluding hydrogens is 204 g/mol. The number of hydrogen-bond acceptors (Lipinski definition) is 4. The van der Waals surface area contributed by atoms with E-state index in [0.717, 1.165) is 0 Å². The fourth-order valence-corrected chi connectivity index (χ4v) is 0.785. The maximum absolute atomic E-state index is 8.58. The molecule has 0 saturated heterocycles. The number of allylic oxidation sites excluding steroid dienone is 4. The summed E-state index contributed by atoms with van der Waals surface area (Å²) < 4.78 is 0. The van der Waals surface area contributed by atoms with Gasteiger partial charge in [-0.3, -0.25) is 0 Å². The summed E-state index contributed by atoms with van der Waals surface area (Å²) in [6.45, 7) is 0. The average molecular weight is 204 g/mol. The van der Waals surface area contributed by atoms with Gasteiger partial charge in [0.15, 0.2) is 0 Å². The fourth-order valence-electron chi connectivity index (χ4n) is 0.785. The minimum atomic E-state index is -0.615. The van der Waals surface area contributed by atoms with E-state index in [4.69, 9.17) is 31.9 Å². The van der Waals surface area contributed by atoms with Crippen LogP contribution in [0.4, 0.5) is 0 Å². The SMILES string of the molecule is N#CC(=C=[N-])C(C(=C=[N-])C#N)=C(C#N)C#N. The second-order valence-electron chi connectivity index (χ2n) is 2.17. The molecule has 0 aromatic heterocycles. The van der Waals surface area contributed by atoms with Crippen molar-refractivity contribution in [2.24, 2.45) is 0 Å². The molecule has 72 valence electrons. The van der Waals surface area contributed by atoms with Crippen molar-refractivity contribution in [2.75, 3.05) is 0 Å². The van der Waals surface area contributed by atoms with Gasteiger partial charge in [-0.05, 0) is 0 Å². The van der Waals surface area contributed by atoms with Crippen molar-refractivity contribution in [1.82, 2.24) is 0 Å². The third-order valence-electron chi connectivity index (χ3n) is 1.42. The summed E-state index contributed by atoms with van der Waals surface area (Å²) in [5, 5.41) is 51.5. The van der Waals surface area contributed by atoms with E-state index >= 15 is 0 Å². The molecule has 6 heteroatoms. The van der Waals surface area contributed by atoms with E-state index in [9.17, 15) is 0 Å². The van der Waals surface area contributed by atoms with Gasteiger partial charge in [0, 0.05) is 0 Å². The predicted molar refractivity (Wildman–Crippen MR) is 53.2 cm³/mol. The molecule has 0 N–H and O–H groups in total. The Hall–Kier alpha value is -3.40. The smallest absolute Gasteiger partial charge is 0.140 e. The zero-order valence-corrected chi connectivity index (χ0v) is 7.68. The van der Waals surface area contributed by atoms with Gasteiger partial charge in [-0.2, -0.15) is 21.0 Å². The molecule has 0 aliphatic rings. The normalized spacial score (nSPS) is 6.50. The van der Waals surface area contributed by atoms with Crippen LogP contribution < -0.4 is 0 Å². The number of nitriles is 4. The zero-order chi connectivity index (χ0) is 12.6. The fraction of sp³-hybridized carbons (Fsp3) is 0. The van der Waals surface area contributed by atoms with Gasteiger partial charge in [0.2, 0.25) is 0 Å². The van der Waals surface area contributed by atoms with Gasteiger partial charge < -0.3 is 10.8 Å². The van der Waals surface area contributed by atoms with E-state index in [-0.39, 0.29) is 0 Å². The molecule has 16 heavy (non-hydrogen) atoms. The van der Waals surface area contributed by atoms with Crippen LogP contribution >= 0.6 is 0 Å². The van der Waals surface area contributed by atoms with Gasteiger partial charge in [-0.25, -0.2) is 11.7 Å². The Bertz CT molecular complexity index is 556. The summed E-state index contributed by atoms with van der Waals surface area (Å²) in [4.78, 5) is 0. The molecule has 0 amide bonds. The molecule has 0 aliphatic carbocycles. The van der Waals surface area contributed by atoms with Crippen molar-refractivity contribution in [3.8, 4) is 24.3 Å². The van der Waals surface area contributed by atoms with Gasteiger partial charge in [-0.15, -0.1) is 0 Å². The summed E-state index contributed by atoms with van der Waals surface area (Å²) in [7, 11) is 0. The van der Waals surface area contributed by atoms with Crippen LogP contribution in [0.5, 0.6) is 0 Å². The molecule has 0 aromatic rings. The van der Waals surface area contributed by atoms with E-state index in [2.05, 4.69) is 0 Å². The van der Waals surface area contributed by atoms with Crippen LogP contribution in [0, 0.1) is 45.3 Å². The monoisotopic (exact) mass is 204 g/mol. The molecule has 0 fully saturated rings. The molecule has 0 aromatic carbocycles. The lowest BCUT2D eigenvalue weighted by Gasteiger charge is -2.02. The Morgan fingerprint density at radius 3 is 1.25 bits per heavy atom. The van der Waals surface area contributed by atoms with Crippen molar-refractivity contribution < 1.29 is 0 Å². The van der Waals surface area contributed by atoms with Gasteiger partial charge in [0.05, 0.1) is 16.7 Å². The average Bonchev–Trinajstić information content (AvgIpc) is 2.33. The third kappa shape index (κ3) is 2.30. The Kier molecular flexibility index (Phi) is 4.82. The van der Waals surface area contributed by atoms with Crippen molar-refractivity contribution in [3.63, 3.8) is 0 Å². The maximum atomic E-state index is 8.58. The van der Waals surface area contributed by atoms with Crippen molar-refractivity contribution in [1.29, 1.82) is 21.0 Å². The molecule has 0 heterocycles. The molecule has 0 atom stereocenters. The Morgan fingerprint density at radius 2 is 1.06 bits per heavy atom. The van der Waals surface area contributed by atoms with Crippen LogP contribution in [0.2, 0.25) is 0 Å². The quantitative estimate of drug-likeness (QED) is 0.371. The van der Waals surface area contributed by atoms with Crippen molar-refractivity contribution in [2.45, 2.75) is 0 Å². The molecular formula is C10N6-2. The number of hydrogen-bond donors (Lipinski definition) is 0. The van der Waals surface area contributed by atoms with Gasteiger partial charge in [0.25, 0.3) is 0 Å². The van der Waals surface area contributed by atoms with E-state index in [0.29, 0.717) is 0 Å². The number of rotatable bonds is 2. The Balaban J connectivity index is 6.40. The molecule has 0 saturated carbocycles. The predicted octanol–water partition coefficient (Wildman–Crippen LogP) is 0.708. The highest BCUT2D eigenvalue weighted by Crippen LogP contribution is 2.18. The van der Waals surface area contributed by atoms with Crippen molar-refractivity contribution >= 4 is 11.7 Å². The van der Waals surface area contributed by atoms with Gasteiger partial charge in [0.1, 0.15) is 29.8 Å². The molecule has 0 radical (unpaired) electrons. The molecule has 0 unspecified atom stereocenters. The summed E-state index contributed by atoms with van der Waals surface area (Å²) >= 11 is 0. The van der Waals surface area contributed by atoms with Crippen molar-refractivity contribution in [3.05, 3.63) is 33.1 Å². The Labute approximate surface area is 90.9 Å². The summed E-state index contributed by atoms with van der Waals surface area (Å²) in [5.41, 5.74) is -2.36. The highest BCUT2D eigenvalue weighted by molar-refractivity contribution is 5.86. The van der Waals surface area contributed by atoms with Gasteiger partial charge in [-0.1, -0.05) is 0 Å². The minimum absolute atomic E-state index is 0.514. The van der Waals surface area contributed by atoms with Crippen LogP contribution in [0.15, 0.2) is 22.3 Å². The maximum Gasteiger partial charge on any atom is 0.140 e. The first-order valence-corrected chi connectivity index (χ1v) is 3.59. The molecule has 0 aliphatic heterocycles. The Morgan fingerprint density at radius 1 is 0.688 bits per heavy atom. The first kappa shape index (κ1) is 12.6. The highest BCUT2D eigenvalue weighted by atomic mass is 14.4. The van der Waals surface area contributed by atoms with Crippen LogP contribution in [-0.4, -0.2) is 11.7 Å². The lowest BCUT2D eigenvalue weighted by Crippen LogP contribution is -1.97. The molecule has 0 spiro atoms. The second kappa shape index (κ2) is 6.11. The van der Waals surface area contributed by atoms with Crippen LogP contribution in [0.25, 0.3) is 10.8 Å². The highest BCUT2D eigenvalue weighted by Gasteiger charge is 2.14. The summed E-state index contributed by atoms with van der Waals surface area (Å²) in [5.74, 6) is 2.84. The summed E-state index contributed by atoms with van der Waals surface area (Å²) in [6.07, 6.45) is 0. The third-order valence-corrected chi connectivity index (χ3v) is 1.42. The van der Waals surface area contributed by atoms with Crippen LogP contribution in [0.3, 0.4) is 0 Å². The topological polar surface area (TPSA) is 140 Å². The van der Waals surface area contributed by atoms with E-state index in [1.807, 2.05) is 0 Å². The van der Waals surface area contributed by atoms with E-state index in [1.54, 1.807) is 0 Å². The first-order valence-electron chi connectivity index (χ1n) is 3.59. The minimum Gasteiger partial charge on any atom is -0.762 e. The number of nitrogens with zero attached hydrogens (tertiary/aromatic N) is 6. The first-order chi connectivity index (χ1) is 7.69. The van der Waals surface area contributed by atoms with Crippen LogP contribution in [-0.2, 0) is 0 Å². The zero-order valence-electron chi connectivity index (χ0n) is 7.68. The standard InChI is InChI=1S/C10N6/c11-1-7(2-12)10(8(3-13)4-14)9(5-15)6-16/q-2. The largest absolute Gasteiger partial charge is 0.762 e. The molecule has 6 nitrogen and oxygen atoms in total. The van der Waals surface area contributed by atoms with Crippen LogP contribution in [0.1, 0.15) is 0 Å². The second-order valence-corrected chi connectivity index (χ2v) is 2.17. The lowest BCUT2D eigenvalue weighted by atomic mass is 9.96. The molecule has 0 bridgehead atoms. The summed E-state index contributed by atoms with van der Waals surface area (Å²) in [6, 6.07) is 5.69. The van der Waals surface area contributed by atoms with Gasteiger partial charge >= 0.3 is 0 Å². The van der Waals surface area contributed by atoms with E-state index < -0.39 is 22.3 Å². The van der Waals surface area contributed by atoms with E-state index in [1.165, 1.54) is 36.0 Å².